The van der Waals surface area contributed by atoms with Gasteiger partial charge in [0.2, 0.25) is 17.8 Å². The van der Waals surface area contributed by atoms with Crippen molar-refractivity contribution in [3.05, 3.63) is 70.3 Å². The Hall–Kier alpha value is -4.56. The Labute approximate surface area is 269 Å². The molecular weight excluding hydrogens is 590 g/mol. The summed E-state index contributed by atoms with van der Waals surface area (Å²) in [6, 6.07) is 16.1. The van der Waals surface area contributed by atoms with Gasteiger partial charge in [0.1, 0.15) is 0 Å². The second-order valence-electron chi connectivity index (χ2n) is 11.3. The molecule has 5 rings (SSSR count). The van der Waals surface area contributed by atoms with Gasteiger partial charge in [-0.2, -0.15) is 15.0 Å². The lowest BCUT2D eigenvalue weighted by Crippen LogP contribution is -2.47. The summed E-state index contributed by atoms with van der Waals surface area (Å²) in [5.41, 5.74) is 1.68. The van der Waals surface area contributed by atoms with Crippen molar-refractivity contribution in [1.82, 2.24) is 20.3 Å². The normalized spacial score (nSPS) is 15.4. The number of hydrogen-bond acceptors (Lipinski definition) is 12. The number of aromatic nitrogens is 3. The van der Waals surface area contributed by atoms with Gasteiger partial charge in [-0.15, -0.1) is 0 Å². The number of piperazine rings is 1. The van der Waals surface area contributed by atoms with E-state index in [2.05, 4.69) is 30.7 Å². The van der Waals surface area contributed by atoms with Crippen molar-refractivity contribution in [2.75, 3.05) is 86.1 Å². The highest BCUT2D eigenvalue weighted by Gasteiger charge is 2.22. The molecule has 2 aliphatic rings. The zero-order valence-electron chi connectivity index (χ0n) is 26.1. The molecule has 0 radical (unpaired) electrons. The van der Waals surface area contributed by atoms with Crippen LogP contribution in [0.5, 0.6) is 0 Å². The van der Waals surface area contributed by atoms with E-state index in [0.717, 1.165) is 31.6 Å². The summed E-state index contributed by atoms with van der Waals surface area (Å²) < 4.78 is 11.3. The number of carbonyl (C=O) groups excluding carboxylic acids is 1. The van der Waals surface area contributed by atoms with Crippen LogP contribution in [0.4, 0.5) is 29.2 Å². The van der Waals surface area contributed by atoms with Gasteiger partial charge in [-0.05, 0) is 37.1 Å². The molecule has 1 aromatic heterocycles. The first-order valence-corrected chi connectivity index (χ1v) is 16.0. The zero-order valence-corrected chi connectivity index (χ0v) is 26.1. The summed E-state index contributed by atoms with van der Waals surface area (Å²) in [5.74, 6) is 1.57. The number of benzene rings is 2. The van der Waals surface area contributed by atoms with Crippen molar-refractivity contribution in [2.24, 2.45) is 0 Å². The summed E-state index contributed by atoms with van der Waals surface area (Å²) >= 11 is 0. The fraction of sp³-hybridized carbons (Fsp3) is 0.500. The average molecular weight is 634 g/mol. The largest absolute Gasteiger partial charge is 0.377 e. The van der Waals surface area contributed by atoms with Crippen LogP contribution in [0.15, 0.2) is 54.6 Å². The molecule has 1 aliphatic heterocycles. The van der Waals surface area contributed by atoms with Crippen molar-refractivity contribution in [2.45, 2.75) is 38.1 Å². The Kier molecular flexibility index (Phi) is 12.3. The van der Waals surface area contributed by atoms with Gasteiger partial charge in [-0.25, -0.2) is 0 Å². The molecule has 0 bridgehead atoms. The zero-order chi connectivity index (χ0) is 32.0. The third kappa shape index (κ3) is 9.97. The van der Waals surface area contributed by atoms with E-state index in [0.29, 0.717) is 82.1 Å². The SMILES string of the molecule is O=C(NCCOCCOCCNc1nc(NC2CCCCC2)nc(N2CCN(c3ccc([N+](=O)[O-])cc3)CC2)n1)c1ccccc1. The van der Waals surface area contributed by atoms with Crippen molar-refractivity contribution in [3.63, 3.8) is 0 Å². The first-order chi connectivity index (χ1) is 22.5. The third-order valence-electron chi connectivity index (χ3n) is 8.02. The van der Waals surface area contributed by atoms with Gasteiger partial charge >= 0.3 is 0 Å². The molecule has 14 heteroatoms. The number of nitrogens with zero attached hydrogens (tertiary/aromatic N) is 6. The predicted octanol–water partition coefficient (Wildman–Crippen LogP) is 3.73. The van der Waals surface area contributed by atoms with E-state index in [4.69, 9.17) is 19.4 Å². The van der Waals surface area contributed by atoms with Crippen LogP contribution in [-0.2, 0) is 9.47 Å². The number of ether oxygens (including phenoxy) is 2. The summed E-state index contributed by atoms with van der Waals surface area (Å²) in [4.78, 5) is 41.2. The first-order valence-electron chi connectivity index (χ1n) is 16.0. The van der Waals surface area contributed by atoms with Gasteiger partial charge in [0, 0.05) is 68.7 Å². The monoisotopic (exact) mass is 633 g/mol. The minimum absolute atomic E-state index is 0.0887. The van der Waals surface area contributed by atoms with Gasteiger partial charge in [-0.1, -0.05) is 37.5 Å². The van der Waals surface area contributed by atoms with Crippen LogP contribution in [0.25, 0.3) is 0 Å². The molecule has 2 aromatic carbocycles. The van der Waals surface area contributed by atoms with Gasteiger partial charge in [0.05, 0.1) is 31.4 Å². The number of anilines is 4. The van der Waals surface area contributed by atoms with Crippen LogP contribution in [0.2, 0.25) is 0 Å². The van der Waals surface area contributed by atoms with Crippen molar-refractivity contribution >= 4 is 35.1 Å². The molecule has 2 fully saturated rings. The number of carbonyl (C=O) groups is 1. The van der Waals surface area contributed by atoms with E-state index in [1.54, 1.807) is 36.4 Å². The van der Waals surface area contributed by atoms with Crippen molar-refractivity contribution in [3.8, 4) is 0 Å². The molecule has 0 atom stereocenters. The topological polar surface area (TPSA) is 160 Å². The molecule has 1 saturated carbocycles. The highest BCUT2D eigenvalue weighted by atomic mass is 16.6. The van der Waals surface area contributed by atoms with Crippen LogP contribution in [0.3, 0.4) is 0 Å². The lowest BCUT2D eigenvalue weighted by molar-refractivity contribution is -0.384. The van der Waals surface area contributed by atoms with E-state index in [1.165, 1.54) is 19.3 Å². The van der Waals surface area contributed by atoms with Gasteiger partial charge in [0.25, 0.3) is 11.6 Å². The predicted molar refractivity (Wildman–Crippen MR) is 177 cm³/mol. The van der Waals surface area contributed by atoms with Gasteiger partial charge < -0.3 is 35.2 Å². The van der Waals surface area contributed by atoms with E-state index >= 15 is 0 Å². The Morgan fingerprint density at radius 3 is 2.15 bits per heavy atom. The molecule has 0 unspecified atom stereocenters. The number of amides is 1. The molecule has 1 saturated heterocycles. The van der Waals surface area contributed by atoms with Crippen LogP contribution < -0.4 is 25.8 Å². The van der Waals surface area contributed by atoms with Gasteiger partial charge in [-0.3, -0.25) is 14.9 Å². The summed E-state index contributed by atoms with van der Waals surface area (Å²) in [5, 5.41) is 20.7. The first kappa shape index (κ1) is 32.8. The summed E-state index contributed by atoms with van der Waals surface area (Å²) in [6.45, 7) is 5.59. The third-order valence-corrected chi connectivity index (χ3v) is 8.02. The van der Waals surface area contributed by atoms with Crippen LogP contribution in [0, 0.1) is 10.1 Å². The molecule has 46 heavy (non-hydrogen) atoms. The molecule has 246 valence electrons. The fourth-order valence-electron chi connectivity index (χ4n) is 5.51. The Morgan fingerprint density at radius 1 is 0.804 bits per heavy atom. The number of hydrogen-bond donors (Lipinski definition) is 3. The minimum atomic E-state index is -0.382. The maximum absolute atomic E-state index is 12.1. The van der Waals surface area contributed by atoms with Crippen molar-refractivity contribution < 1.29 is 19.2 Å². The Morgan fingerprint density at radius 2 is 1.46 bits per heavy atom. The number of nitro benzene ring substituents is 1. The lowest BCUT2D eigenvalue weighted by atomic mass is 9.96. The van der Waals surface area contributed by atoms with E-state index in [-0.39, 0.29) is 16.5 Å². The highest BCUT2D eigenvalue weighted by molar-refractivity contribution is 5.94. The molecule has 14 nitrogen and oxygen atoms in total. The maximum atomic E-state index is 12.1. The number of non-ortho nitro benzene ring substituents is 1. The minimum Gasteiger partial charge on any atom is -0.377 e. The molecule has 3 N–H and O–H groups in total. The smallest absolute Gasteiger partial charge is 0.269 e. The second-order valence-corrected chi connectivity index (χ2v) is 11.3. The summed E-state index contributed by atoms with van der Waals surface area (Å²) in [7, 11) is 0. The second kappa shape index (κ2) is 17.2. The Balaban J connectivity index is 1.06. The summed E-state index contributed by atoms with van der Waals surface area (Å²) in [6.07, 6.45) is 5.88. The Bertz CT molecular complexity index is 1380. The van der Waals surface area contributed by atoms with E-state index in [9.17, 15) is 14.9 Å². The molecule has 2 heterocycles. The quantitative estimate of drug-likeness (QED) is 0.119. The highest BCUT2D eigenvalue weighted by Crippen LogP contribution is 2.24. The maximum Gasteiger partial charge on any atom is 0.269 e. The van der Waals surface area contributed by atoms with E-state index in [1.807, 2.05) is 18.2 Å². The van der Waals surface area contributed by atoms with Crippen LogP contribution >= 0.6 is 0 Å². The molecule has 3 aromatic rings. The average Bonchev–Trinajstić information content (AvgIpc) is 3.10. The van der Waals surface area contributed by atoms with E-state index < -0.39 is 0 Å². The van der Waals surface area contributed by atoms with Gasteiger partial charge in [0.15, 0.2) is 0 Å². The molecule has 0 spiro atoms. The molecule has 1 aliphatic carbocycles. The number of nitrogens with one attached hydrogen (secondary N) is 3. The number of rotatable bonds is 16. The van der Waals surface area contributed by atoms with Crippen LogP contribution in [0.1, 0.15) is 42.5 Å². The van der Waals surface area contributed by atoms with Crippen LogP contribution in [-0.4, -0.2) is 97.5 Å². The standard InChI is InChI=1S/C32H43N9O5/c42-29(25-7-3-1-4-8-25)33-15-21-45-23-24-46-22-16-34-30-36-31(35-26-9-5-2-6-10-26)38-32(37-30)40-19-17-39(18-20-40)27-11-13-28(14-12-27)41(43)44/h1,3-4,7-8,11-14,26H,2,5-6,9-10,15-24H2,(H,33,42)(H2,34,35,36,37,38). The fourth-order valence-corrected chi connectivity index (χ4v) is 5.51. The molecular formula is C32H43N9O5. The van der Waals surface area contributed by atoms with Crippen molar-refractivity contribution in [1.29, 1.82) is 0 Å². The number of nitro groups is 1. The lowest BCUT2D eigenvalue weighted by Gasteiger charge is -2.36. The molecule has 1 amide bonds.